The second-order valence-corrected chi connectivity index (χ2v) is 6.62. The summed E-state index contributed by atoms with van der Waals surface area (Å²) in [7, 11) is 1.69. The van der Waals surface area contributed by atoms with Crippen LogP contribution in [0.15, 0.2) is 24.3 Å². The number of nitrogens with zero attached hydrogens (tertiary/aromatic N) is 1. The number of hydrogen-bond donors (Lipinski definition) is 1. The molecule has 0 aromatic heterocycles. The first-order valence-corrected chi connectivity index (χ1v) is 8.33. The average Bonchev–Trinajstić information content (AvgIpc) is 3.04. The number of hydrogen-bond acceptors (Lipinski definition) is 3. The van der Waals surface area contributed by atoms with Crippen LogP contribution in [0.2, 0.25) is 0 Å². The normalized spacial score (nSPS) is 27.4. The van der Waals surface area contributed by atoms with Crippen LogP contribution >= 0.6 is 12.4 Å². The molecule has 2 aliphatic rings. The van der Waals surface area contributed by atoms with E-state index in [4.69, 9.17) is 4.74 Å². The van der Waals surface area contributed by atoms with Crippen molar-refractivity contribution in [1.29, 1.82) is 0 Å². The predicted octanol–water partition coefficient (Wildman–Crippen LogP) is 2.82. The first-order chi connectivity index (χ1) is 10.7. The summed E-state index contributed by atoms with van der Waals surface area (Å²) in [6, 6.07) is 8.74. The zero-order valence-corrected chi connectivity index (χ0v) is 14.8. The largest absolute Gasteiger partial charge is 0.497 e. The molecule has 5 heteroatoms. The van der Waals surface area contributed by atoms with Crippen molar-refractivity contribution in [2.24, 2.45) is 5.92 Å². The lowest BCUT2D eigenvalue weighted by molar-refractivity contribution is -0.135. The first-order valence-electron chi connectivity index (χ1n) is 8.33. The minimum atomic E-state index is 0. The van der Waals surface area contributed by atoms with Crippen LogP contribution in [0.5, 0.6) is 5.75 Å². The summed E-state index contributed by atoms with van der Waals surface area (Å²) in [5, 5.41) is 3.42. The number of methoxy groups -OCH3 is 1. The van der Waals surface area contributed by atoms with Crippen molar-refractivity contribution in [3.63, 3.8) is 0 Å². The van der Waals surface area contributed by atoms with Gasteiger partial charge >= 0.3 is 0 Å². The van der Waals surface area contributed by atoms with Crippen LogP contribution in [0, 0.1) is 5.92 Å². The van der Waals surface area contributed by atoms with Crippen molar-refractivity contribution in [2.75, 3.05) is 26.7 Å². The molecule has 1 unspecified atom stereocenters. The van der Waals surface area contributed by atoms with Crippen LogP contribution < -0.4 is 10.1 Å². The Kier molecular flexibility index (Phi) is 6.31. The van der Waals surface area contributed by atoms with E-state index in [0.717, 1.165) is 44.6 Å². The van der Waals surface area contributed by atoms with Crippen LogP contribution in [0.25, 0.3) is 0 Å². The van der Waals surface area contributed by atoms with Gasteiger partial charge in [0.2, 0.25) is 5.91 Å². The molecular formula is C18H27ClN2O2. The van der Waals surface area contributed by atoms with Crippen LogP contribution in [-0.4, -0.2) is 43.6 Å². The molecule has 1 N–H and O–H groups in total. The van der Waals surface area contributed by atoms with Crippen LogP contribution in [-0.2, 0) is 4.79 Å². The molecule has 2 fully saturated rings. The highest BCUT2D eigenvalue weighted by Crippen LogP contribution is 2.30. The average molecular weight is 339 g/mol. The van der Waals surface area contributed by atoms with Gasteiger partial charge in [-0.05, 0) is 50.4 Å². The highest BCUT2D eigenvalue weighted by Gasteiger charge is 2.33. The molecule has 4 nitrogen and oxygen atoms in total. The van der Waals surface area contributed by atoms with Gasteiger partial charge in [-0.2, -0.15) is 0 Å². The molecule has 2 saturated heterocycles. The first kappa shape index (κ1) is 18.1. The Morgan fingerprint density at radius 3 is 2.65 bits per heavy atom. The number of halogens is 1. The zero-order valence-electron chi connectivity index (χ0n) is 14.0. The zero-order chi connectivity index (χ0) is 15.5. The van der Waals surface area contributed by atoms with Crippen LogP contribution in [0.3, 0.4) is 0 Å². The maximum Gasteiger partial charge on any atom is 0.225 e. The minimum absolute atomic E-state index is 0. The number of ether oxygens (including phenoxy) is 1. The standard InChI is InChI=1S/C18H26N2O2.ClH/c1-13-11-15(7-9-19-13)18(21)20-10-8-16(12-20)14-3-5-17(22-2)6-4-14;/h3-6,13,15-16,19H,7-12H2,1-2H3;1H/t13-,15-,16?;/m0./s1. The topological polar surface area (TPSA) is 41.6 Å². The molecule has 2 aliphatic heterocycles. The van der Waals surface area contributed by atoms with Gasteiger partial charge in [-0.15, -0.1) is 12.4 Å². The molecule has 1 aromatic rings. The highest BCUT2D eigenvalue weighted by molar-refractivity contribution is 5.85. The Balaban J connectivity index is 0.00000192. The summed E-state index contributed by atoms with van der Waals surface area (Å²) in [6.07, 6.45) is 3.02. The third kappa shape index (κ3) is 4.18. The second kappa shape index (κ2) is 8.02. The van der Waals surface area contributed by atoms with Gasteiger partial charge in [0, 0.05) is 31.0 Å². The fourth-order valence-corrected chi connectivity index (χ4v) is 3.72. The number of amides is 1. The number of carbonyl (C=O) groups excluding carboxylic acids is 1. The summed E-state index contributed by atoms with van der Waals surface area (Å²) in [4.78, 5) is 14.8. The van der Waals surface area contributed by atoms with Crippen LogP contribution in [0.4, 0.5) is 0 Å². The third-order valence-corrected chi connectivity index (χ3v) is 5.06. The maximum atomic E-state index is 12.7. The number of carbonyl (C=O) groups is 1. The maximum absolute atomic E-state index is 12.7. The van der Waals surface area contributed by atoms with E-state index < -0.39 is 0 Å². The minimum Gasteiger partial charge on any atom is -0.497 e. The number of rotatable bonds is 3. The van der Waals surface area contributed by atoms with E-state index in [1.54, 1.807) is 7.11 Å². The van der Waals surface area contributed by atoms with Crippen molar-refractivity contribution in [2.45, 2.75) is 38.1 Å². The fraction of sp³-hybridized carbons (Fsp3) is 0.611. The van der Waals surface area contributed by atoms with Gasteiger partial charge in [-0.25, -0.2) is 0 Å². The Morgan fingerprint density at radius 1 is 1.26 bits per heavy atom. The molecular weight excluding hydrogens is 312 g/mol. The number of piperidine rings is 1. The molecule has 0 bridgehead atoms. The molecule has 128 valence electrons. The Morgan fingerprint density at radius 2 is 2.00 bits per heavy atom. The van der Waals surface area contributed by atoms with E-state index in [1.165, 1.54) is 5.56 Å². The Labute approximate surface area is 145 Å². The van der Waals surface area contributed by atoms with Crippen molar-refractivity contribution < 1.29 is 9.53 Å². The number of nitrogens with one attached hydrogen (secondary N) is 1. The Bertz CT molecular complexity index is 520. The smallest absolute Gasteiger partial charge is 0.225 e. The van der Waals surface area contributed by atoms with E-state index in [1.807, 2.05) is 12.1 Å². The van der Waals surface area contributed by atoms with E-state index in [2.05, 4.69) is 29.3 Å². The molecule has 0 saturated carbocycles. The van der Waals surface area contributed by atoms with Crippen molar-refractivity contribution in [3.8, 4) is 5.75 Å². The van der Waals surface area contributed by atoms with Crippen LogP contribution in [0.1, 0.15) is 37.7 Å². The van der Waals surface area contributed by atoms with Gasteiger partial charge < -0.3 is 15.0 Å². The lowest BCUT2D eigenvalue weighted by atomic mass is 9.92. The van der Waals surface area contributed by atoms with Gasteiger partial charge in [-0.1, -0.05) is 12.1 Å². The van der Waals surface area contributed by atoms with Crippen molar-refractivity contribution in [1.82, 2.24) is 10.2 Å². The number of likely N-dealkylation sites (tertiary alicyclic amines) is 1. The van der Waals surface area contributed by atoms with Gasteiger partial charge in [0.05, 0.1) is 7.11 Å². The summed E-state index contributed by atoms with van der Waals surface area (Å²) in [5.41, 5.74) is 1.31. The summed E-state index contributed by atoms with van der Waals surface area (Å²) in [5.74, 6) is 1.93. The fourth-order valence-electron chi connectivity index (χ4n) is 3.72. The summed E-state index contributed by atoms with van der Waals surface area (Å²) in [6.45, 7) is 4.90. The molecule has 1 amide bonds. The molecule has 0 spiro atoms. The lowest BCUT2D eigenvalue weighted by Gasteiger charge is -2.30. The third-order valence-electron chi connectivity index (χ3n) is 5.06. The molecule has 3 atom stereocenters. The SMILES string of the molecule is COc1ccc(C2CCN(C(=O)[C@H]3CCN[C@@H](C)C3)C2)cc1.Cl. The predicted molar refractivity (Wildman–Crippen MR) is 94.4 cm³/mol. The molecule has 3 rings (SSSR count). The van der Waals surface area contributed by atoms with Gasteiger partial charge in [0.25, 0.3) is 0 Å². The Hall–Kier alpha value is -1.26. The molecule has 0 aliphatic carbocycles. The second-order valence-electron chi connectivity index (χ2n) is 6.62. The van der Waals surface area contributed by atoms with E-state index in [9.17, 15) is 4.79 Å². The molecule has 2 heterocycles. The number of benzene rings is 1. The van der Waals surface area contributed by atoms with E-state index >= 15 is 0 Å². The lowest BCUT2D eigenvalue weighted by Crippen LogP contribution is -2.43. The summed E-state index contributed by atoms with van der Waals surface area (Å²) < 4.78 is 5.21. The quantitative estimate of drug-likeness (QED) is 0.921. The molecule has 1 aromatic carbocycles. The molecule has 23 heavy (non-hydrogen) atoms. The molecule has 0 radical (unpaired) electrons. The monoisotopic (exact) mass is 338 g/mol. The summed E-state index contributed by atoms with van der Waals surface area (Å²) >= 11 is 0. The highest BCUT2D eigenvalue weighted by atomic mass is 35.5. The van der Waals surface area contributed by atoms with Crippen molar-refractivity contribution in [3.05, 3.63) is 29.8 Å². The van der Waals surface area contributed by atoms with Gasteiger partial charge in [0.15, 0.2) is 0 Å². The van der Waals surface area contributed by atoms with E-state index in [0.29, 0.717) is 17.9 Å². The van der Waals surface area contributed by atoms with Gasteiger partial charge in [-0.3, -0.25) is 4.79 Å². The van der Waals surface area contributed by atoms with Crippen molar-refractivity contribution >= 4 is 18.3 Å². The van der Waals surface area contributed by atoms with Gasteiger partial charge in [0.1, 0.15) is 5.75 Å². The van der Waals surface area contributed by atoms with E-state index in [-0.39, 0.29) is 18.3 Å².